The zero-order chi connectivity index (χ0) is 14.0. The molecule has 1 saturated carbocycles. The molecule has 0 aliphatic heterocycles. The summed E-state index contributed by atoms with van der Waals surface area (Å²) in [5.41, 5.74) is 1.32. The minimum atomic E-state index is -0.316. The van der Waals surface area contributed by atoms with Crippen LogP contribution in [0.4, 0.5) is 4.39 Å². The first-order valence-electron chi connectivity index (χ1n) is 7.12. The lowest BCUT2D eigenvalue weighted by molar-refractivity contribution is 0.402. The van der Waals surface area contributed by atoms with Gasteiger partial charge in [-0.2, -0.15) is 0 Å². The third-order valence-corrected chi connectivity index (χ3v) is 4.63. The Labute approximate surface area is 120 Å². The lowest BCUT2D eigenvalue weighted by atomic mass is 9.97. The van der Waals surface area contributed by atoms with Gasteiger partial charge in [0, 0.05) is 6.04 Å². The average Bonchev–Trinajstić information content (AvgIpc) is 2.99. The molecule has 1 aromatic rings. The number of hydrogen-bond donors (Lipinski definition) is 1. The number of nitrogens with one attached hydrogen (secondary N) is 1. The predicted octanol–water partition coefficient (Wildman–Crippen LogP) is 4.44. The van der Waals surface area contributed by atoms with Crippen molar-refractivity contribution in [3.05, 3.63) is 34.6 Å². The maximum atomic E-state index is 13.5. The molecule has 0 amide bonds. The SMILES string of the molecule is CCCNC(Cc1cccc(F)c1Cl)C1CC1(C)C. The summed E-state index contributed by atoms with van der Waals surface area (Å²) in [4.78, 5) is 0. The van der Waals surface area contributed by atoms with Crippen LogP contribution in [-0.4, -0.2) is 12.6 Å². The molecule has 1 nitrogen and oxygen atoms in total. The van der Waals surface area contributed by atoms with E-state index in [1.165, 1.54) is 12.5 Å². The van der Waals surface area contributed by atoms with Gasteiger partial charge >= 0.3 is 0 Å². The van der Waals surface area contributed by atoms with E-state index in [2.05, 4.69) is 26.1 Å². The van der Waals surface area contributed by atoms with Crippen LogP contribution >= 0.6 is 11.6 Å². The molecule has 1 fully saturated rings. The van der Waals surface area contributed by atoms with Crippen LogP contribution in [0.2, 0.25) is 5.02 Å². The number of benzene rings is 1. The Kier molecular flexibility index (Phi) is 4.52. The maximum Gasteiger partial charge on any atom is 0.142 e. The Morgan fingerprint density at radius 2 is 2.16 bits per heavy atom. The highest BCUT2D eigenvalue weighted by molar-refractivity contribution is 6.31. The fraction of sp³-hybridized carbons (Fsp3) is 0.625. The zero-order valence-corrected chi connectivity index (χ0v) is 12.7. The molecule has 0 radical (unpaired) electrons. The normalized spacial score (nSPS) is 22.3. The maximum absolute atomic E-state index is 13.5. The monoisotopic (exact) mass is 283 g/mol. The van der Waals surface area contributed by atoms with Crippen LogP contribution in [0.3, 0.4) is 0 Å². The second kappa shape index (κ2) is 5.80. The van der Waals surface area contributed by atoms with Gasteiger partial charge in [0.25, 0.3) is 0 Å². The predicted molar refractivity (Wildman–Crippen MR) is 79.1 cm³/mol. The van der Waals surface area contributed by atoms with Crippen molar-refractivity contribution >= 4 is 11.6 Å². The number of rotatable bonds is 6. The van der Waals surface area contributed by atoms with Crippen LogP contribution in [0.25, 0.3) is 0 Å². The van der Waals surface area contributed by atoms with Gasteiger partial charge in [0.1, 0.15) is 5.82 Å². The second-order valence-corrected chi connectivity index (χ2v) is 6.65. The molecule has 106 valence electrons. The molecule has 0 aromatic heterocycles. The van der Waals surface area contributed by atoms with Crippen molar-refractivity contribution in [3.8, 4) is 0 Å². The summed E-state index contributed by atoms with van der Waals surface area (Å²) >= 11 is 6.06. The summed E-state index contributed by atoms with van der Waals surface area (Å²) in [6.45, 7) is 7.76. The quantitative estimate of drug-likeness (QED) is 0.814. The molecule has 1 aliphatic rings. The lowest BCUT2D eigenvalue weighted by Crippen LogP contribution is -2.35. The molecule has 2 rings (SSSR count). The van der Waals surface area contributed by atoms with E-state index < -0.39 is 0 Å². The van der Waals surface area contributed by atoms with Gasteiger partial charge in [0.05, 0.1) is 5.02 Å². The van der Waals surface area contributed by atoms with Gasteiger partial charge in [-0.3, -0.25) is 0 Å². The fourth-order valence-electron chi connectivity index (χ4n) is 2.82. The number of hydrogen-bond acceptors (Lipinski definition) is 1. The first-order valence-corrected chi connectivity index (χ1v) is 7.49. The van der Waals surface area contributed by atoms with E-state index in [9.17, 15) is 4.39 Å². The Morgan fingerprint density at radius 3 is 2.74 bits per heavy atom. The van der Waals surface area contributed by atoms with E-state index in [1.807, 2.05) is 6.07 Å². The van der Waals surface area contributed by atoms with Crippen LogP contribution in [0.15, 0.2) is 18.2 Å². The van der Waals surface area contributed by atoms with E-state index >= 15 is 0 Å². The van der Waals surface area contributed by atoms with Crippen molar-refractivity contribution in [1.29, 1.82) is 0 Å². The van der Waals surface area contributed by atoms with Crippen LogP contribution < -0.4 is 5.32 Å². The van der Waals surface area contributed by atoms with Crippen molar-refractivity contribution in [2.75, 3.05) is 6.54 Å². The first kappa shape index (κ1) is 14.8. The Bertz CT molecular complexity index is 444. The molecule has 1 aliphatic carbocycles. The standard InChI is InChI=1S/C16H23ClFN/c1-4-8-19-14(12-10-16(12,2)3)9-11-6-5-7-13(18)15(11)17/h5-7,12,14,19H,4,8-10H2,1-3H3. The Balaban J connectivity index is 2.09. The zero-order valence-electron chi connectivity index (χ0n) is 12.0. The van der Waals surface area contributed by atoms with Crippen LogP contribution in [0.1, 0.15) is 39.2 Å². The average molecular weight is 284 g/mol. The third kappa shape index (κ3) is 3.49. The third-order valence-electron chi connectivity index (χ3n) is 4.20. The summed E-state index contributed by atoms with van der Waals surface area (Å²) in [6, 6.07) is 5.49. The van der Waals surface area contributed by atoms with E-state index in [0.29, 0.717) is 17.4 Å². The van der Waals surface area contributed by atoms with E-state index in [-0.39, 0.29) is 10.8 Å². The van der Waals surface area contributed by atoms with Crippen molar-refractivity contribution in [2.24, 2.45) is 11.3 Å². The topological polar surface area (TPSA) is 12.0 Å². The summed E-state index contributed by atoms with van der Waals surface area (Å²) in [5, 5.41) is 3.88. The molecular weight excluding hydrogens is 261 g/mol. The van der Waals surface area contributed by atoms with Crippen molar-refractivity contribution in [3.63, 3.8) is 0 Å². The molecule has 0 heterocycles. The van der Waals surface area contributed by atoms with Gasteiger partial charge in [-0.05, 0) is 48.8 Å². The van der Waals surface area contributed by atoms with Gasteiger partial charge in [0.2, 0.25) is 0 Å². The second-order valence-electron chi connectivity index (χ2n) is 6.28. The van der Waals surface area contributed by atoms with Gasteiger partial charge in [-0.15, -0.1) is 0 Å². The molecule has 3 heteroatoms. The molecule has 1 N–H and O–H groups in total. The van der Waals surface area contributed by atoms with Crippen molar-refractivity contribution < 1.29 is 4.39 Å². The molecule has 19 heavy (non-hydrogen) atoms. The van der Waals surface area contributed by atoms with Crippen LogP contribution in [0, 0.1) is 17.2 Å². The molecule has 0 bridgehead atoms. The fourth-order valence-corrected chi connectivity index (χ4v) is 3.03. The summed E-state index contributed by atoms with van der Waals surface area (Å²) in [7, 11) is 0. The highest BCUT2D eigenvalue weighted by Crippen LogP contribution is 2.54. The highest BCUT2D eigenvalue weighted by atomic mass is 35.5. The summed E-state index contributed by atoms with van der Waals surface area (Å²) in [6.07, 6.45) is 3.16. The summed E-state index contributed by atoms with van der Waals surface area (Å²) in [5.74, 6) is 0.349. The van der Waals surface area contributed by atoms with Gasteiger partial charge in [-0.1, -0.05) is 44.5 Å². The smallest absolute Gasteiger partial charge is 0.142 e. The first-order chi connectivity index (χ1) is 8.95. The van der Waals surface area contributed by atoms with E-state index in [4.69, 9.17) is 11.6 Å². The van der Waals surface area contributed by atoms with E-state index in [1.54, 1.807) is 6.07 Å². The lowest BCUT2D eigenvalue weighted by Gasteiger charge is -2.21. The molecular formula is C16H23ClFN. The molecule has 0 saturated heterocycles. The minimum Gasteiger partial charge on any atom is -0.313 e. The van der Waals surface area contributed by atoms with Gasteiger partial charge < -0.3 is 5.32 Å². The van der Waals surface area contributed by atoms with Gasteiger partial charge in [0.15, 0.2) is 0 Å². The van der Waals surface area contributed by atoms with Crippen molar-refractivity contribution in [2.45, 2.75) is 46.1 Å². The highest BCUT2D eigenvalue weighted by Gasteiger charge is 2.49. The van der Waals surface area contributed by atoms with Crippen LogP contribution in [0.5, 0.6) is 0 Å². The van der Waals surface area contributed by atoms with Crippen molar-refractivity contribution in [1.82, 2.24) is 5.32 Å². The van der Waals surface area contributed by atoms with Crippen LogP contribution in [-0.2, 0) is 6.42 Å². The summed E-state index contributed by atoms with van der Waals surface area (Å²) < 4.78 is 13.5. The molecule has 0 spiro atoms. The minimum absolute atomic E-state index is 0.282. The number of halogens is 2. The van der Waals surface area contributed by atoms with Gasteiger partial charge in [-0.25, -0.2) is 4.39 Å². The Morgan fingerprint density at radius 1 is 1.47 bits per heavy atom. The Hall–Kier alpha value is -0.600. The van der Waals surface area contributed by atoms with E-state index in [0.717, 1.165) is 24.9 Å². The largest absolute Gasteiger partial charge is 0.313 e. The molecule has 2 atom stereocenters. The molecule has 2 unspecified atom stereocenters. The molecule has 1 aromatic carbocycles.